The van der Waals surface area contributed by atoms with Crippen LogP contribution in [0.15, 0.2) is 55.0 Å². The third-order valence-electron chi connectivity index (χ3n) is 9.17. The van der Waals surface area contributed by atoms with E-state index < -0.39 is 23.2 Å². The Labute approximate surface area is 243 Å². The van der Waals surface area contributed by atoms with Gasteiger partial charge in [-0.15, -0.1) is 0 Å². The van der Waals surface area contributed by atoms with Gasteiger partial charge in [0.05, 0.1) is 5.56 Å². The highest BCUT2D eigenvalue weighted by Crippen LogP contribution is 2.58. The number of aromatic nitrogens is 4. The molecule has 3 saturated carbocycles. The predicted molar refractivity (Wildman–Crippen MR) is 150 cm³/mol. The highest BCUT2D eigenvalue weighted by atomic mass is 19.4. The second-order valence-electron chi connectivity index (χ2n) is 12.0. The number of nitrogens with one attached hydrogen (secondary N) is 2. The SMILES string of the molecule is Nc1nccn2c(C34CCC(NC(=O)C5(O)CC5)(CC3)C4)nc(-c3ccc(C(=O)Nc4cc(C(F)(F)F)ccn4)cc3)c12. The first-order valence-corrected chi connectivity index (χ1v) is 14.0. The number of hydrogen-bond donors (Lipinski definition) is 4. The van der Waals surface area contributed by atoms with Crippen LogP contribution in [0.5, 0.6) is 0 Å². The number of fused-ring (bicyclic) bond motifs is 3. The van der Waals surface area contributed by atoms with Crippen molar-refractivity contribution in [2.75, 3.05) is 11.1 Å². The molecule has 10 nitrogen and oxygen atoms in total. The van der Waals surface area contributed by atoms with Crippen LogP contribution < -0.4 is 16.4 Å². The molecule has 3 aliphatic carbocycles. The summed E-state index contributed by atoms with van der Waals surface area (Å²) in [5.74, 6) is -0.00177. The number of imidazole rings is 1. The molecule has 0 atom stereocenters. The topological polar surface area (TPSA) is 148 Å². The number of aliphatic hydroxyl groups is 1. The Morgan fingerprint density at radius 3 is 2.37 bits per heavy atom. The number of halogens is 3. The summed E-state index contributed by atoms with van der Waals surface area (Å²) >= 11 is 0. The number of carbonyl (C=O) groups is 2. The Bertz CT molecular complexity index is 1770. The number of anilines is 2. The second kappa shape index (κ2) is 9.24. The molecule has 0 unspecified atom stereocenters. The van der Waals surface area contributed by atoms with Crippen molar-refractivity contribution in [2.24, 2.45) is 0 Å². The Kier molecular flexibility index (Phi) is 5.87. The van der Waals surface area contributed by atoms with Crippen LogP contribution in [-0.2, 0) is 16.4 Å². The number of nitrogens with two attached hydrogens (primary N) is 1. The number of alkyl halides is 3. The molecule has 13 heteroatoms. The van der Waals surface area contributed by atoms with Gasteiger partial charge in [-0.05, 0) is 69.2 Å². The Morgan fingerprint density at radius 2 is 1.70 bits per heavy atom. The fourth-order valence-electron chi connectivity index (χ4n) is 6.67. The van der Waals surface area contributed by atoms with Gasteiger partial charge in [0.2, 0.25) is 0 Å². The third-order valence-corrected chi connectivity index (χ3v) is 9.17. The van der Waals surface area contributed by atoms with E-state index in [4.69, 9.17) is 10.7 Å². The Morgan fingerprint density at radius 1 is 0.977 bits per heavy atom. The minimum absolute atomic E-state index is 0.210. The zero-order chi connectivity index (χ0) is 30.2. The van der Waals surface area contributed by atoms with Crippen LogP contribution in [0.1, 0.15) is 66.7 Å². The third kappa shape index (κ3) is 4.58. The number of hydrogen-bond acceptors (Lipinski definition) is 7. The number of pyridine rings is 1. The first kappa shape index (κ1) is 27.3. The lowest BCUT2D eigenvalue weighted by atomic mass is 9.83. The molecule has 0 spiro atoms. The molecule has 7 rings (SSSR count). The molecule has 3 aromatic heterocycles. The largest absolute Gasteiger partial charge is 0.416 e. The molecule has 43 heavy (non-hydrogen) atoms. The average molecular weight is 592 g/mol. The standard InChI is InChI=1S/C30H28F3N7O3/c31-30(32,33)19-5-12-35-20(15-19)37-24(41)18-3-1-17(2-4-18)21-22-23(34)36-13-14-40(22)25(38-21)27-6-8-28(16-27,9-7-27)39-26(42)29(43)10-11-29/h1-5,12-15,43H,6-11,16H2,(H2,34,36)(H,39,42)(H,35,37,41). The molecule has 1 aromatic carbocycles. The quantitative estimate of drug-likeness (QED) is 0.262. The minimum atomic E-state index is -4.56. The molecule has 2 bridgehead atoms. The monoisotopic (exact) mass is 591 g/mol. The first-order chi connectivity index (χ1) is 20.4. The summed E-state index contributed by atoms with van der Waals surface area (Å²) in [5.41, 5.74) is 5.63. The van der Waals surface area contributed by atoms with Crippen molar-refractivity contribution in [1.82, 2.24) is 24.7 Å². The molecule has 5 N–H and O–H groups in total. The van der Waals surface area contributed by atoms with Crippen LogP contribution in [0.25, 0.3) is 16.8 Å². The van der Waals surface area contributed by atoms with E-state index in [9.17, 15) is 27.9 Å². The first-order valence-electron chi connectivity index (χ1n) is 14.0. The predicted octanol–water partition coefficient (Wildman–Crippen LogP) is 4.24. The summed E-state index contributed by atoms with van der Waals surface area (Å²) in [4.78, 5) is 38.7. The van der Waals surface area contributed by atoms with Gasteiger partial charge >= 0.3 is 6.18 Å². The molecule has 0 saturated heterocycles. The fraction of sp³-hybridized carbons (Fsp3) is 0.367. The van der Waals surface area contributed by atoms with Gasteiger partial charge in [0.1, 0.15) is 34.3 Å². The number of carbonyl (C=O) groups excluding carboxylic acids is 2. The molecule has 3 heterocycles. The van der Waals surface area contributed by atoms with Crippen molar-refractivity contribution >= 4 is 29.0 Å². The summed E-state index contributed by atoms with van der Waals surface area (Å²) in [7, 11) is 0. The lowest BCUT2D eigenvalue weighted by Gasteiger charge is -2.29. The highest BCUT2D eigenvalue weighted by Gasteiger charge is 2.59. The molecule has 0 aliphatic heterocycles. The zero-order valence-electron chi connectivity index (χ0n) is 22.9. The van der Waals surface area contributed by atoms with Gasteiger partial charge in [-0.2, -0.15) is 13.2 Å². The maximum atomic E-state index is 13.0. The van der Waals surface area contributed by atoms with Gasteiger partial charge in [0, 0.05) is 40.7 Å². The maximum Gasteiger partial charge on any atom is 0.416 e. The highest BCUT2D eigenvalue weighted by molar-refractivity contribution is 6.04. The lowest BCUT2D eigenvalue weighted by Crippen LogP contribution is -2.50. The van der Waals surface area contributed by atoms with Crippen molar-refractivity contribution in [1.29, 1.82) is 0 Å². The number of nitrogens with zero attached hydrogens (tertiary/aromatic N) is 4. The van der Waals surface area contributed by atoms with Crippen LogP contribution in [0.3, 0.4) is 0 Å². The summed E-state index contributed by atoms with van der Waals surface area (Å²) in [5, 5.41) is 15.9. The van der Waals surface area contributed by atoms with E-state index >= 15 is 0 Å². The summed E-state index contributed by atoms with van der Waals surface area (Å²) in [6.45, 7) is 0. The average Bonchev–Trinajstić information content (AvgIpc) is 3.30. The van der Waals surface area contributed by atoms with Crippen molar-refractivity contribution in [3.05, 3.63) is 71.9 Å². The summed E-state index contributed by atoms with van der Waals surface area (Å²) in [6.07, 6.45) is 4.74. The van der Waals surface area contributed by atoms with Gasteiger partial charge < -0.3 is 21.5 Å². The van der Waals surface area contributed by atoms with Crippen molar-refractivity contribution in [3.63, 3.8) is 0 Å². The van der Waals surface area contributed by atoms with Gasteiger partial charge in [-0.25, -0.2) is 15.0 Å². The molecule has 3 aliphatic rings. The molecule has 0 radical (unpaired) electrons. The van der Waals surface area contributed by atoms with Crippen LogP contribution in [0.4, 0.5) is 24.8 Å². The van der Waals surface area contributed by atoms with E-state index in [0.717, 1.165) is 49.8 Å². The van der Waals surface area contributed by atoms with Gasteiger partial charge in [0.25, 0.3) is 11.8 Å². The van der Waals surface area contributed by atoms with Crippen LogP contribution in [-0.4, -0.2) is 47.4 Å². The lowest BCUT2D eigenvalue weighted by molar-refractivity contribution is -0.137. The van der Waals surface area contributed by atoms with Gasteiger partial charge in [-0.3, -0.25) is 14.0 Å². The van der Waals surface area contributed by atoms with Gasteiger partial charge in [-0.1, -0.05) is 12.1 Å². The van der Waals surface area contributed by atoms with E-state index in [2.05, 4.69) is 20.6 Å². The molecule has 2 amide bonds. The minimum Gasteiger partial charge on any atom is -0.382 e. The Balaban J connectivity index is 1.17. The van der Waals surface area contributed by atoms with Crippen molar-refractivity contribution in [3.8, 4) is 11.3 Å². The van der Waals surface area contributed by atoms with E-state index in [0.29, 0.717) is 36.0 Å². The molecular weight excluding hydrogens is 563 g/mol. The maximum absolute atomic E-state index is 13.0. The molecule has 3 fully saturated rings. The van der Waals surface area contributed by atoms with Crippen LogP contribution in [0, 0.1) is 0 Å². The number of amides is 2. The Hall–Kier alpha value is -4.52. The number of benzene rings is 1. The van der Waals surface area contributed by atoms with E-state index in [1.807, 2.05) is 10.6 Å². The zero-order valence-corrected chi connectivity index (χ0v) is 22.9. The number of nitrogen functional groups attached to an aromatic ring is 1. The number of rotatable bonds is 6. The summed E-state index contributed by atoms with van der Waals surface area (Å²) in [6, 6.07) is 8.13. The normalized spacial score (nSPS) is 23.8. The van der Waals surface area contributed by atoms with E-state index in [-0.39, 0.29) is 34.1 Å². The van der Waals surface area contributed by atoms with E-state index in [1.165, 1.54) is 0 Å². The van der Waals surface area contributed by atoms with Crippen LogP contribution >= 0.6 is 0 Å². The summed E-state index contributed by atoms with van der Waals surface area (Å²) < 4.78 is 41.1. The molecule has 222 valence electrons. The second-order valence-corrected chi connectivity index (χ2v) is 12.0. The molecular formula is C30H28F3N7O3. The van der Waals surface area contributed by atoms with Crippen molar-refractivity contribution in [2.45, 2.75) is 67.7 Å². The van der Waals surface area contributed by atoms with Gasteiger partial charge in [0.15, 0.2) is 0 Å². The fourth-order valence-corrected chi connectivity index (χ4v) is 6.67. The van der Waals surface area contributed by atoms with Crippen molar-refractivity contribution < 1.29 is 27.9 Å². The van der Waals surface area contributed by atoms with E-state index in [1.54, 1.807) is 30.5 Å². The smallest absolute Gasteiger partial charge is 0.382 e. The van der Waals surface area contributed by atoms with Crippen LogP contribution in [0.2, 0.25) is 0 Å². The molecule has 4 aromatic rings.